The lowest BCUT2D eigenvalue weighted by Gasteiger charge is -1.99. The quantitative estimate of drug-likeness (QED) is 0.558. The fourth-order valence-corrected chi connectivity index (χ4v) is 1.21. The van der Waals surface area contributed by atoms with E-state index in [0.717, 1.165) is 0 Å². The lowest BCUT2D eigenvalue weighted by atomic mass is 10.4. The number of nitrogens with zero attached hydrogens (tertiary/aromatic N) is 3. The molecule has 6 heteroatoms. The molecule has 0 aliphatic heterocycles. The summed E-state index contributed by atoms with van der Waals surface area (Å²) in [4.78, 5) is 0. The summed E-state index contributed by atoms with van der Waals surface area (Å²) < 4.78 is 2.13. The van der Waals surface area contributed by atoms with Crippen molar-refractivity contribution in [3.8, 4) is 5.69 Å². The fourth-order valence-electron chi connectivity index (χ4n) is 1.08. The van der Waals surface area contributed by atoms with E-state index in [0.29, 0.717) is 16.1 Å². The molecule has 0 saturated carbocycles. The van der Waals surface area contributed by atoms with Gasteiger partial charge in [-0.3, -0.25) is 0 Å². The Hall–Kier alpha value is -1.75. The van der Waals surface area contributed by atoms with E-state index in [4.69, 9.17) is 17.3 Å². The van der Waals surface area contributed by atoms with Gasteiger partial charge >= 0.3 is 0 Å². The number of nitrogen functional groups attached to an aromatic ring is 1. The predicted octanol–water partition coefficient (Wildman–Crippen LogP) is 0.741. The van der Waals surface area contributed by atoms with Gasteiger partial charge in [0.15, 0.2) is 11.3 Å². The first-order valence-corrected chi connectivity index (χ1v) is 4.24. The molecule has 2 aromatic rings. The fraction of sp³-hybridized carbons (Fsp3) is 0. The minimum absolute atomic E-state index is 0.228. The number of pyridine rings is 1. The molecule has 0 unspecified atom stereocenters. The number of hydrogen-bond acceptors (Lipinski definition) is 3. The van der Waals surface area contributed by atoms with Crippen LogP contribution in [-0.2, 0) is 0 Å². The van der Waals surface area contributed by atoms with Gasteiger partial charge in [-0.05, 0) is 6.07 Å². The van der Waals surface area contributed by atoms with Crippen molar-refractivity contribution < 1.29 is 4.73 Å². The first-order valence-electron chi connectivity index (χ1n) is 3.86. The number of rotatable bonds is 1. The van der Waals surface area contributed by atoms with Crippen LogP contribution in [0.5, 0.6) is 0 Å². The van der Waals surface area contributed by atoms with Crippen LogP contribution < -0.4 is 10.5 Å². The highest BCUT2D eigenvalue weighted by atomic mass is 35.5. The number of hydrogen-bond donors (Lipinski definition) is 1. The van der Waals surface area contributed by atoms with E-state index < -0.39 is 0 Å². The molecular weight excluding hydrogens is 204 g/mol. The zero-order valence-electron chi connectivity index (χ0n) is 7.09. The van der Waals surface area contributed by atoms with Crippen LogP contribution in [0.2, 0.25) is 5.15 Å². The van der Waals surface area contributed by atoms with Crippen LogP contribution >= 0.6 is 11.6 Å². The van der Waals surface area contributed by atoms with Gasteiger partial charge in [-0.15, -0.1) is 0 Å². The van der Waals surface area contributed by atoms with Crippen molar-refractivity contribution in [2.75, 3.05) is 5.73 Å². The first kappa shape index (κ1) is 8.83. The van der Waals surface area contributed by atoms with Gasteiger partial charge in [0.1, 0.15) is 5.69 Å². The Bertz CT molecular complexity index is 449. The SMILES string of the molecule is Nc1cn(-c2ccc[n+]([O-])c2)nc1Cl. The maximum atomic E-state index is 11.0. The highest BCUT2D eigenvalue weighted by Crippen LogP contribution is 2.17. The van der Waals surface area contributed by atoms with E-state index >= 15 is 0 Å². The van der Waals surface area contributed by atoms with Crippen molar-refractivity contribution in [2.45, 2.75) is 0 Å². The lowest BCUT2D eigenvalue weighted by molar-refractivity contribution is -0.605. The molecule has 0 atom stereocenters. The number of nitrogens with two attached hydrogens (primary N) is 1. The molecule has 0 saturated heterocycles. The third-order valence-corrected chi connectivity index (χ3v) is 2.01. The van der Waals surface area contributed by atoms with E-state index in [1.54, 1.807) is 18.3 Å². The predicted molar refractivity (Wildman–Crippen MR) is 51.9 cm³/mol. The summed E-state index contributed by atoms with van der Waals surface area (Å²) in [5, 5.41) is 15.1. The molecule has 14 heavy (non-hydrogen) atoms. The molecule has 0 aliphatic carbocycles. The van der Waals surface area contributed by atoms with E-state index in [1.807, 2.05) is 0 Å². The summed E-state index contributed by atoms with van der Waals surface area (Å²) in [6.45, 7) is 0. The maximum Gasteiger partial charge on any atom is 0.206 e. The Balaban J connectivity index is 2.49. The highest BCUT2D eigenvalue weighted by molar-refractivity contribution is 6.31. The summed E-state index contributed by atoms with van der Waals surface area (Å²) in [7, 11) is 0. The first-order chi connectivity index (χ1) is 6.66. The van der Waals surface area contributed by atoms with Crippen molar-refractivity contribution >= 4 is 17.3 Å². The molecule has 2 heterocycles. The van der Waals surface area contributed by atoms with Crippen LogP contribution in [0.15, 0.2) is 30.7 Å². The van der Waals surface area contributed by atoms with Gasteiger partial charge in [0.05, 0.1) is 11.9 Å². The monoisotopic (exact) mass is 210 g/mol. The second kappa shape index (κ2) is 3.19. The third kappa shape index (κ3) is 1.49. The summed E-state index contributed by atoms with van der Waals surface area (Å²) >= 11 is 5.68. The van der Waals surface area contributed by atoms with Crippen molar-refractivity contribution in [1.82, 2.24) is 9.78 Å². The molecule has 0 bridgehead atoms. The second-order valence-corrected chi connectivity index (χ2v) is 3.10. The van der Waals surface area contributed by atoms with Gasteiger partial charge in [-0.2, -0.15) is 9.83 Å². The van der Waals surface area contributed by atoms with Gasteiger partial charge in [-0.1, -0.05) is 11.6 Å². The van der Waals surface area contributed by atoms with Crippen LogP contribution in [-0.4, -0.2) is 9.78 Å². The van der Waals surface area contributed by atoms with Crippen LogP contribution in [0.4, 0.5) is 5.69 Å². The average Bonchev–Trinajstić information content (AvgIpc) is 2.47. The van der Waals surface area contributed by atoms with Crippen LogP contribution in [0.3, 0.4) is 0 Å². The normalized spacial score (nSPS) is 10.4. The van der Waals surface area contributed by atoms with E-state index in [9.17, 15) is 5.21 Å². The Morgan fingerprint density at radius 1 is 1.57 bits per heavy atom. The zero-order chi connectivity index (χ0) is 10.1. The average molecular weight is 211 g/mol. The molecule has 0 radical (unpaired) electrons. The molecule has 2 aromatic heterocycles. The van der Waals surface area contributed by atoms with E-state index in [-0.39, 0.29) is 5.15 Å². The summed E-state index contributed by atoms with van der Waals surface area (Å²) in [5.41, 5.74) is 6.51. The Kier molecular flexibility index (Phi) is 2.01. The van der Waals surface area contributed by atoms with Gasteiger partial charge in [-0.25, -0.2) is 4.68 Å². The standard InChI is InChI=1S/C8H7ClN4O/c9-8-7(10)5-13(11-8)6-2-1-3-12(14)4-6/h1-5H,10H2. The van der Waals surface area contributed by atoms with Gasteiger partial charge in [0.2, 0.25) is 6.20 Å². The third-order valence-electron chi connectivity index (χ3n) is 1.72. The minimum atomic E-state index is 0.228. The maximum absolute atomic E-state index is 11.0. The van der Waals surface area contributed by atoms with Crippen molar-refractivity contribution in [2.24, 2.45) is 0 Å². The molecule has 5 nitrogen and oxygen atoms in total. The minimum Gasteiger partial charge on any atom is -0.619 e. The number of anilines is 1. The van der Waals surface area contributed by atoms with Crippen LogP contribution in [0.1, 0.15) is 0 Å². The topological polar surface area (TPSA) is 70.8 Å². The molecule has 2 rings (SSSR count). The summed E-state index contributed by atoms with van der Waals surface area (Å²) in [6.07, 6.45) is 4.32. The summed E-state index contributed by atoms with van der Waals surface area (Å²) in [5.74, 6) is 0. The molecule has 0 aliphatic rings. The summed E-state index contributed by atoms with van der Waals surface area (Å²) in [6, 6.07) is 3.35. The van der Waals surface area contributed by atoms with E-state index in [2.05, 4.69) is 5.10 Å². The Morgan fingerprint density at radius 2 is 2.36 bits per heavy atom. The Labute approximate surface area is 84.9 Å². The van der Waals surface area contributed by atoms with Crippen LogP contribution in [0, 0.1) is 5.21 Å². The van der Waals surface area contributed by atoms with Crippen molar-refractivity contribution in [3.05, 3.63) is 41.1 Å². The number of halogens is 1. The smallest absolute Gasteiger partial charge is 0.206 e. The van der Waals surface area contributed by atoms with Gasteiger partial charge < -0.3 is 10.9 Å². The second-order valence-electron chi connectivity index (χ2n) is 2.74. The van der Waals surface area contributed by atoms with E-state index in [1.165, 1.54) is 17.1 Å². The zero-order valence-corrected chi connectivity index (χ0v) is 7.85. The molecule has 0 amide bonds. The van der Waals surface area contributed by atoms with Crippen LogP contribution in [0.25, 0.3) is 5.69 Å². The highest BCUT2D eigenvalue weighted by Gasteiger charge is 2.06. The largest absolute Gasteiger partial charge is 0.619 e. The molecular formula is C8H7ClN4O. The number of aromatic nitrogens is 3. The Morgan fingerprint density at radius 3 is 2.93 bits per heavy atom. The molecule has 0 fully saturated rings. The molecule has 2 N–H and O–H groups in total. The molecule has 0 aromatic carbocycles. The van der Waals surface area contributed by atoms with Gasteiger partial charge in [0.25, 0.3) is 0 Å². The van der Waals surface area contributed by atoms with Crippen molar-refractivity contribution in [3.63, 3.8) is 0 Å². The molecule has 0 spiro atoms. The van der Waals surface area contributed by atoms with Gasteiger partial charge in [0, 0.05) is 6.07 Å². The van der Waals surface area contributed by atoms with Crippen molar-refractivity contribution in [1.29, 1.82) is 0 Å². The lowest BCUT2D eigenvalue weighted by Crippen LogP contribution is -2.25. The molecule has 72 valence electrons.